The summed E-state index contributed by atoms with van der Waals surface area (Å²) in [5.41, 5.74) is 2.06. The minimum Gasteiger partial charge on any atom is -0.352 e. The van der Waals surface area contributed by atoms with Crippen molar-refractivity contribution in [3.63, 3.8) is 0 Å². The van der Waals surface area contributed by atoms with Crippen LogP contribution in [-0.4, -0.2) is 21.6 Å². The van der Waals surface area contributed by atoms with Gasteiger partial charge in [0.25, 0.3) is 5.91 Å². The Hall–Kier alpha value is -3.75. The van der Waals surface area contributed by atoms with Crippen LogP contribution in [0.1, 0.15) is 34.8 Å². The first-order chi connectivity index (χ1) is 14.9. The Morgan fingerprint density at radius 1 is 1.19 bits per heavy atom. The highest BCUT2D eigenvalue weighted by molar-refractivity contribution is 6.08. The van der Waals surface area contributed by atoms with Gasteiger partial charge in [-0.25, -0.2) is 8.78 Å². The molecular formula is C22H21F2N5O2. The maximum Gasteiger partial charge on any atom is 0.258 e. The molecule has 7 nitrogen and oxygen atoms in total. The second-order valence-electron chi connectivity index (χ2n) is 7.26. The van der Waals surface area contributed by atoms with E-state index in [4.69, 9.17) is 0 Å². The Morgan fingerprint density at radius 3 is 2.74 bits per heavy atom. The number of aryl methyl sites for hydroxylation is 1. The molecule has 3 aromatic rings. The summed E-state index contributed by atoms with van der Waals surface area (Å²) in [6, 6.07) is 8.24. The number of aromatic nitrogens is 2. The van der Waals surface area contributed by atoms with Crippen LogP contribution in [0.2, 0.25) is 0 Å². The van der Waals surface area contributed by atoms with E-state index in [2.05, 4.69) is 15.7 Å². The molecule has 0 bridgehead atoms. The largest absolute Gasteiger partial charge is 0.352 e. The first-order valence-electron chi connectivity index (χ1n) is 9.81. The highest BCUT2D eigenvalue weighted by atomic mass is 19.1. The van der Waals surface area contributed by atoms with Gasteiger partial charge in [0.2, 0.25) is 5.91 Å². The first-order valence-corrected chi connectivity index (χ1v) is 9.81. The maximum atomic E-state index is 14.6. The van der Waals surface area contributed by atoms with Crippen molar-refractivity contribution >= 4 is 29.0 Å². The van der Waals surface area contributed by atoms with Crippen LogP contribution in [0.5, 0.6) is 0 Å². The standard InChI is InChI=1S/C22H21F2N5O2/c1-3-20(30)25-10-14-5-4-13(8-17(14)24)22(31)29-12-15-11-26-28(2)21(15)27-18-9-16(23)6-7-19(18)29/h4-9,11,27H,3,10,12H2,1-2H3,(H,25,30). The number of carbonyl (C=O) groups is 2. The topological polar surface area (TPSA) is 79.3 Å². The Labute approximate surface area is 177 Å². The van der Waals surface area contributed by atoms with Crippen molar-refractivity contribution in [1.29, 1.82) is 0 Å². The van der Waals surface area contributed by atoms with E-state index in [1.54, 1.807) is 24.9 Å². The zero-order valence-corrected chi connectivity index (χ0v) is 17.1. The molecule has 0 unspecified atom stereocenters. The molecule has 1 aliphatic rings. The third-order valence-corrected chi connectivity index (χ3v) is 5.19. The minimum absolute atomic E-state index is 0.0434. The monoisotopic (exact) mass is 425 g/mol. The predicted octanol–water partition coefficient (Wildman–Crippen LogP) is 3.63. The Kier molecular flexibility index (Phi) is 5.41. The summed E-state index contributed by atoms with van der Waals surface area (Å²) in [4.78, 5) is 26.2. The fraction of sp³-hybridized carbons (Fsp3) is 0.227. The normalized spacial score (nSPS) is 12.5. The van der Waals surface area contributed by atoms with Gasteiger partial charge in [-0.1, -0.05) is 13.0 Å². The minimum atomic E-state index is -0.586. The van der Waals surface area contributed by atoms with Crippen molar-refractivity contribution in [2.24, 2.45) is 7.05 Å². The summed E-state index contributed by atoms with van der Waals surface area (Å²) in [7, 11) is 1.74. The number of fused-ring (bicyclic) bond motifs is 2. The van der Waals surface area contributed by atoms with Crippen molar-refractivity contribution in [2.75, 3.05) is 10.2 Å². The van der Waals surface area contributed by atoms with E-state index in [-0.39, 0.29) is 30.1 Å². The summed E-state index contributed by atoms with van der Waals surface area (Å²) in [5.74, 6) is -1.01. The van der Waals surface area contributed by atoms with E-state index in [1.165, 1.54) is 35.2 Å². The van der Waals surface area contributed by atoms with Crippen molar-refractivity contribution < 1.29 is 18.4 Å². The van der Waals surface area contributed by atoms with Gasteiger partial charge in [-0.2, -0.15) is 5.10 Å². The number of hydrogen-bond acceptors (Lipinski definition) is 4. The number of amides is 2. The Balaban J connectivity index is 1.67. The number of anilines is 3. The average molecular weight is 425 g/mol. The number of benzene rings is 2. The third kappa shape index (κ3) is 3.98. The number of halogens is 2. The van der Waals surface area contributed by atoms with Crippen molar-refractivity contribution in [2.45, 2.75) is 26.4 Å². The van der Waals surface area contributed by atoms with E-state index in [1.807, 2.05) is 0 Å². The zero-order chi connectivity index (χ0) is 22.1. The molecule has 2 N–H and O–H groups in total. The van der Waals surface area contributed by atoms with Gasteiger partial charge >= 0.3 is 0 Å². The molecule has 160 valence electrons. The van der Waals surface area contributed by atoms with E-state index >= 15 is 0 Å². The van der Waals surface area contributed by atoms with Gasteiger partial charge in [0.1, 0.15) is 17.5 Å². The lowest BCUT2D eigenvalue weighted by molar-refractivity contribution is -0.120. The molecule has 2 aromatic carbocycles. The van der Waals surface area contributed by atoms with Crippen LogP contribution in [0.4, 0.5) is 26.0 Å². The predicted molar refractivity (Wildman–Crippen MR) is 112 cm³/mol. The molecule has 0 fully saturated rings. The fourth-order valence-corrected chi connectivity index (χ4v) is 3.47. The number of hydrogen-bond donors (Lipinski definition) is 2. The first kappa shape index (κ1) is 20.5. The molecule has 1 aliphatic heterocycles. The smallest absolute Gasteiger partial charge is 0.258 e. The molecule has 9 heteroatoms. The lowest BCUT2D eigenvalue weighted by atomic mass is 10.1. The fourth-order valence-electron chi connectivity index (χ4n) is 3.47. The summed E-state index contributed by atoms with van der Waals surface area (Å²) < 4.78 is 30.1. The molecule has 0 radical (unpaired) electrons. The van der Waals surface area contributed by atoms with Gasteiger partial charge in [0.05, 0.1) is 24.1 Å². The molecule has 31 heavy (non-hydrogen) atoms. The highest BCUT2D eigenvalue weighted by Crippen LogP contribution is 2.36. The maximum absolute atomic E-state index is 14.6. The van der Waals surface area contributed by atoms with E-state index in [0.29, 0.717) is 23.6 Å². The summed E-state index contributed by atoms with van der Waals surface area (Å²) in [6.07, 6.45) is 1.93. The summed E-state index contributed by atoms with van der Waals surface area (Å²) in [6.45, 7) is 1.94. The molecule has 0 saturated heterocycles. The molecule has 4 rings (SSSR count). The van der Waals surface area contributed by atoms with Crippen molar-refractivity contribution in [1.82, 2.24) is 15.1 Å². The molecule has 0 spiro atoms. The number of nitrogens with one attached hydrogen (secondary N) is 2. The van der Waals surface area contributed by atoms with Gasteiger partial charge in [-0.3, -0.25) is 14.3 Å². The van der Waals surface area contributed by atoms with Crippen LogP contribution in [0, 0.1) is 11.6 Å². The second-order valence-corrected chi connectivity index (χ2v) is 7.26. The zero-order valence-electron chi connectivity index (χ0n) is 17.1. The van der Waals surface area contributed by atoms with Crippen molar-refractivity contribution in [3.05, 3.63) is 70.9 Å². The van der Waals surface area contributed by atoms with Gasteiger partial charge in [0.15, 0.2) is 0 Å². The van der Waals surface area contributed by atoms with E-state index in [9.17, 15) is 18.4 Å². The highest BCUT2D eigenvalue weighted by Gasteiger charge is 2.27. The summed E-state index contributed by atoms with van der Waals surface area (Å²) in [5, 5.41) is 9.95. The SMILES string of the molecule is CCC(=O)NCc1ccc(C(=O)N2Cc3cnn(C)c3Nc3cc(F)ccc32)cc1F. The molecule has 0 aliphatic carbocycles. The molecule has 0 saturated carbocycles. The molecule has 0 atom stereocenters. The van der Waals surface area contributed by atoms with Crippen LogP contribution in [0.3, 0.4) is 0 Å². The van der Waals surface area contributed by atoms with Gasteiger partial charge in [0, 0.05) is 36.7 Å². The van der Waals surface area contributed by atoms with Crippen molar-refractivity contribution in [3.8, 4) is 0 Å². The Bertz CT molecular complexity index is 1170. The average Bonchev–Trinajstić information content (AvgIpc) is 3.00. The van der Waals surface area contributed by atoms with Gasteiger partial charge in [-0.05, 0) is 30.3 Å². The second kappa shape index (κ2) is 8.17. The van der Waals surface area contributed by atoms with Crippen LogP contribution in [-0.2, 0) is 24.9 Å². The molecule has 1 aromatic heterocycles. The van der Waals surface area contributed by atoms with E-state index < -0.39 is 17.5 Å². The number of carbonyl (C=O) groups excluding carboxylic acids is 2. The molecular weight excluding hydrogens is 404 g/mol. The lowest BCUT2D eigenvalue weighted by Crippen LogP contribution is -2.30. The molecule has 2 heterocycles. The van der Waals surface area contributed by atoms with Crippen LogP contribution < -0.4 is 15.5 Å². The Morgan fingerprint density at radius 2 is 2.00 bits per heavy atom. The van der Waals surface area contributed by atoms with E-state index in [0.717, 1.165) is 11.6 Å². The van der Waals surface area contributed by atoms with Gasteiger partial charge < -0.3 is 15.5 Å². The number of nitrogens with zero attached hydrogens (tertiary/aromatic N) is 3. The van der Waals surface area contributed by atoms with Crippen LogP contribution in [0.15, 0.2) is 42.6 Å². The summed E-state index contributed by atoms with van der Waals surface area (Å²) >= 11 is 0. The van der Waals surface area contributed by atoms with Crippen LogP contribution >= 0.6 is 0 Å². The van der Waals surface area contributed by atoms with Gasteiger partial charge in [-0.15, -0.1) is 0 Å². The third-order valence-electron chi connectivity index (χ3n) is 5.19. The quantitative estimate of drug-likeness (QED) is 0.669. The molecule has 2 amide bonds. The number of rotatable bonds is 4. The lowest BCUT2D eigenvalue weighted by Gasteiger charge is -2.23. The van der Waals surface area contributed by atoms with Crippen LogP contribution in [0.25, 0.3) is 0 Å².